The highest BCUT2D eigenvalue weighted by Crippen LogP contribution is 2.10. The second-order valence-electron chi connectivity index (χ2n) is 3.49. The van der Waals surface area contributed by atoms with E-state index in [1.807, 2.05) is 18.2 Å². The van der Waals surface area contributed by atoms with Gasteiger partial charge in [-0.05, 0) is 5.56 Å². The summed E-state index contributed by atoms with van der Waals surface area (Å²) in [5, 5.41) is 21.9. The Hall–Kier alpha value is -2.21. The molecule has 2 aromatic rings. The number of hydrogen-bond donors (Lipinski definition) is 3. The van der Waals surface area contributed by atoms with Gasteiger partial charge in [0.15, 0.2) is 5.69 Å². The van der Waals surface area contributed by atoms with Crippen molar-refractivity contribution in [3.8, 4) is 0 Å². The normalized spacial score (nSPS) is 12.1. The van der Waals surface area contributed by atoms with E-state index in [-0.39, 0.29) is 18.1 Å². The van der Waals surface area contributed by atoms with Crippen molar-refractivity contribution in [2.24, 2.45) is 0 Å². The van der Waals surface area contributed by atoms with E-state index in [2.05, 4.69) is 20.7 Å². The first-order valence-corrected chi connectivity index (χ1v) is 5.14. The molecule has 0 aliphatic carbocycles. The van der Waals surface area contributed by atoms with Crippen molar-refractivity contribution < 1.29 is 9.90 Å². The van der Waals surface area contributed by atoms with Crippen molar-refractivity contribution in [3.05, 3.63) is 47.8 Å². The number of H-pyrrole nitrogens is 1. The van der Waals surface area contributed by atoms with Gasteiger partial charge in [0, 0.05) is 6.54 Å². The summed E-state index contributed by atoms with van der Waals surface area (Å²) in [4.78, 5) is 11.5. The Bertz CT molecular complexity index is 469. The molecule has 1 atom stereocenters. The summed E-state index contributed by atoms with van der Waals surface area (Å²) >= 11 is 0. The SMILES string of the molecule is O=C(NCC(O)c1ccccc1)c1cn[nH]n1. The van der Waals surface area contributed by atoms with Crippen molar-refractivity contribution in [2.45, 2.75) is 6.10 Å². The van der Waals surface area contributed by atoms with Crippen molar-refractivity contribution in [1.82, 2.24) is 20.7 Å². The summed E-state index contributed by atoms with van der Waals surface area (Å²) in [7, 11) is 0. The van der Waals surface area contributed by atoms with Crippen LogP contribution in [0.4, 0.5) is 0 Å². The first-order chi connectivity index (χ1) is 8.27. The van der Waals surface area contributed by atoms with E-state index in [4.69, 9.17) is 0 Å². The highest BCUT2D eigenvalue weighted by Gasteiger charge is 2.11. The van der Waals surface area contributed by atoms with Crippen molar-refractivity contribution in [2.75, 3.05) is 6.54 Å². The molecule has 1 unspecified atom stereocenters. The van der Waals surface area contributed by atoms with Crippen molar-refractivity contribution in [3.63, 3.8) is 0 Å². The number of hydrogen-bond acceptors (Lipinski definition) is 4. The lowest BCUT2D eigenvalue weighted by molar-refractivity contribution is 0.0911. The number of carbonyl (C=O) groups is 1. The quantitative estimate of drug-likeness (QED) is 0.705. The predicted molar refractivity (Wildman–Crippen MR) is 60.1 cm³/mol. The lowest BCUT2D eigenvalue weighted by Gasteiger charge is -2.11. The number of benzene rings is 1. The van der Waals surface area contributed by atoms with Gasteiger partial charge in [-0.2, -0.15) is 15.4 Å². The van der Waals surface area contributed by atoms with Crippen LogP contribution in [0.3, 0.4) is 0 Å². The summed E-state index contributed by atoms with van der Waals surface area (Å²) < 4.78 is 0. The third-order valence-electron chi connectivity index (χ3n) is 2.29. The first kappa shape index (κ1) is 11.3. The van der Waals surface area contributed by atoms with E-state index in [0.29, 0.717) is 0 Å². The molecule has 0 saturated carbocycles. The van der Waals surface area contributed by atoms with Gasteiger partial charge in [0.2, 0.25) is 0 Å². The predicted octanol–water partition coefficient (Wildman–Crippen LogP) is 0.268. The van der Waals surface area contributed by atoms with E-state index in [9.17, 15) is 9.90 Å². The molecule has 0 aliphatic heterocycles. The molecule has 0 radical (unpaired) electrons. The zero-order valence-electron chi connectivity index (χ0n) is 9.00. The Labute approximate surface area is 97.7 Å². The first-order valence-electron chi connectivity index (χ1n) is 5.14. The van der Waals surface area contributed by atoms with Crippen LogP contribution in [0.1, 0.15) is 22.2 Å². The van der Waals surface area contributed by atoms with Crippen molar-refractivity contribution in [1.29, 1.82) is 0 Å². The Morgan fingerprint density at radius 1 is 1.41 bits per heavy atom. The molecule has 0 saturated heterocycles. The summed E-state index contributed by atoms with van der Waals surface area (Å²) in [6, 6.07) is 9.13. The summed E-state index contributed by atoms with van der Waals surface area (Å²) in [6.07, 6.45) is 0.594. The molecule has 1 amide bonds. The number of aliphatic hydroxyl groups excluding tert-OH is 1. The third kappa shape index (κ3) is 2.88. The fourth-order valence-electron chi connectivity index (χ4n) is 1.38. The van der Waals surface area contributed by atoms with Gasteiger partial charge < -0.3 is 10.4 Å². The second-order valence-corrected chi connectivity index (χ2v) is 3.49. The zero-order chi connectivity index (χ0) is 12.1. The standard InChI is InChI=1S/C11H12N4O2/c16-10(8-4-2-1-3-5-8)7-12-11(17)9-6-13-15-14-9/h1-6,10,16H,7H2,(H,12,17)(H,13,14,15). The van der Waals surface area contributed by atoms with E-state index < -0.39 is 6.10 Å². The van der Waals surface area contributed by atoms with Crippen LogP contribution in [0.15, 0.2) is 36.5 Å². The average molecular weight is 232 g/mol. The minimum Gasteiger partial charge on any atom is -0.387 e. The number of amides is 1. The van der Waals surface area contributed by atoms with Crippen molar-refractivity contribution >= 4 is 5.91 Å². The van der Waals surface area contributed by atoms with Crippen LogP contribution >= 0.6 is 0 Å². The molecule has 6 nitrogen and oxygen atoms in total. The number of carbonyl (C=O) groups excluding carboxylic acids is 1. The fraction of sp³-hybridized carbons (Fsp3) is 0.182. The lowest BCUT2D eigenvalue weighted by Crippen LogP contribution is -2.28. The molecule has 6 heteroatoms. The van der Waals surface area contributed by atoms with Gasteiger partial charge in [-0.1, -0.05) is 30.3 Å². The van der Waals surface area contributed by atoms with Gasteiger partial charge in [-0.25, -0.2) is 0 Å². The number of aliphatic hydroxyl groups is 1. The van der Waals surface area contributed by atoms with Crippen LogP contribution in [-0.4, -0.2) is 33.0 Å². The molecule has 1 aromatic heterocycles. The number of nitrogens with zero attached hydrogens (tertiary/aromatic N) is 2. The number of aromatic nitrogens is 3. The van der Waals surface area contributed by atoms with E-state index in [1.165, 1.54) is 6.20 Å². The van der Waals surface area contributed by atoms with Crippen LogP contribution in [-0.2, 0) is 0 Å². The molecule has 1 heterocycles. The van der Waals surface area contributed by atoms with E-state index in [1.54, 1.807) is 12.1 Å². The van der Waals surface area contributed by atoms with Crippen LogP contribution in [0.5, 0.6) is 0 Å². The topological polar surface area (TPSA) is 90.9 Å². The van der Waals surface area contributed by atoms with Crippen LogP contribution in [0.25, 0.3) is 0 Å². The monoisotopic (exact) mass is 232 g/mol. The summed E-state index contributed by atoms with van der Waals surface area (Å²) in [5.41, 5.74) is 0.957. The molecule has 0 spiro atoms. The molecular formula is C11H12N4O2. The summed E-state index contributed by atoms with van der Waals surface area (Å²) in [6.45, 7) is 0.135. The molecule has 17 heavy (non-hydrogen) atoms. The molecule has 1 aromatic carbocycles. The minimum absolute atomic E-state index is 0.135. The number of rotatable bonds is 4. The molecule has 2 rings (SSSR count). The molecule has 3 N–H and O–H groups in total. The maximum absolute atomic E-state index is 11.5. The lowest BCUT2D eigenvalue weighted by atomic mass is 10.1. The largest absolute Gasteiger partial charge is 0.387 e. The maximum atomic E-state index is 11.5. The fourth-order valence-corrected chi connectivity index (χ4v) is 1.38. The molecular weight excluding hydrogens is 220 g/mol. The van der Waals surface area contributed by atoms with Gasteiger partial charge in [-0.3, -0.25) is 4.79 Å². The number of nitrogens with one attached hydrogen (secondary N) is 2. The zero-order valence-corrected chi connectivity index (χ0v) is 9.00. The number of aromatic amines is 1. The Morgan fingerprint density at radius 3 is 2.82 bits per heavy atom. The highest BCUT2D eigenvalue weighted by molar-refractivity contribution is 5.91. The van der Waals surface area contributed by atoms with E-state index in [0.717, 1.165) is 5.56 Å². The molecule has 0 aliphatic rings. The van der Waals surface area contributed by atoms with Crippen LogP contribution in [0.2, 0.25) is 0 Å². The Morgan fingerprint density at radius 2 is 2.18 bits per heavy atom. The maximum Gasteiger partial charge on any atom is 0.273 e. The molecule has 0 fully saturated rings. The van der Waals surface area contributed by atoms with Gasteiger partial charge in [-0.15, -0.1) is 0 Å². The molecule has 88 valence electrons. The van der Waals surface area contributed by atoms with Crippen LogP contribution in [0, 0.1) is 0 Å². The Kier molecular flexibility index (Phi) is 3.46. The third-order valence-corrected chi connectivity index (χ3v) is 2.29. The Balaban J connectivity index is 1.89. The minimum atomic E-state index is -0.730. The average Bonchev–Trinajstić information content (AvgIpc) is 2.90. The van der Waals surface area contributed by atoms with Gasteiger partial charge >= 0.3 is 0 Å². The van der Waals surface area contributed by atoms with Gasteiger partial charge in [0.05, 0.1) is 12.3 Å². The van der Waals surface area contributed by atoms with Crippen LogP contribution < -0.4 is 5.32 Å². The second kappa shape index (κ2) is 5.22. The summed E-state index contributed by atoms with van der Waals surface area (Å²) in [5.74, 6) is -0.367. The molecule has 0 bridgehead atoms. The highest BCUT2D eigenvalue weighted by atomic mass is 16.3. The smallest absolute Gasteiger partial charge is 0.273 e. The van der Waals surface area contributed by atoms with Gasteiger partial charge in [0.1, 0.15) is 0 Å². The van der Waals surface area contributed by atoms with E-state index >= 15 is 0 Å². The van der Waals surface area contributed by atoms with Gasteiger partial charge in [0.25, 0.3) is 5.91 Å².